The number of rotatable bonds is 4. The van der Waals surface area contributed by atoms with Gasteiger partial charge < -0.3 is 20.1 Å². The van der Waals surface area contributed by atoms with Crippen molar-refractivity contribution in [1.82, 2.24) is 0 Å². The van der Waals surface area contributed by atoms with Gasteiger partial charge in [0.1, 0.15) is 0 Å². The minimum atomic E-state index is -0.249. The molecule has 0 radical (unpaired) electrons. The van der Waals surface area contributed by atoms with Gasteiger partial charge in [-0.25, -0.2) is 0 Å². The predicted octanol–water partition coefficient (Wildman–Crippen LogP) is 6.84. The summed E-state index contributed by atoms with van der Waals surface area (Å²) in [7, 11) is 3.27. The number of allylic oxidation sites excluding steroid dienone is 1. The van der Waals surface area contributed by atoms with Gasteiger partial charge in [0, 0.05) is 17.7 Å². The van der Waals surface area contributed by atoms with Gasteiger partial charge in [-0.3, -0.25) is 4.79 Å². The molecule has 4 aromatic rings. The van der Waals surface area contributed by atoms with E-state index in [4.69, 9.17) is 9.47 Å². The number of benzene rings is 4. The molecule has 6 rings (SSSR count). The normalized spacial score (nSPS) is 19.0. The largest absolute Gasteiger partial charge is 0.493 e. The van der Waals surface area contributed by atoms with Crippen molar-refractivity contribution in [2.45, 2.75) is 24.8 Å². The molecule has 2 N–H and O–H groups in total. The van der Waals surface area contributed by atoms with E-state index in [1.807, 2.05) is 36.4 Å². The maximum atomic E-state index is 13.9. The molecule has 0 saturated carbocycles. The third-order valence-electron chi connectivity index (χ3n) is 7.32. The van der Waals surface area contributed by atoms with Gasteiger partial charge in [-0.15, -0.1) is 0 Å². The number of methoxy groups -OCH3 is 2. The highest BCUT2D eigenvalue weighted by atomic mass is 16.5. The summed E-state index contributed by atoms with van der Waals surface area (Å²) in [6.07, 6.45) is 1.17. The summed E-state index contributed by atoms with van der Waals surface area (Å²) >= 11 is 0. The number of anilines is 2. The van der Waals surface area contributed by atoms with Crippen LogP contribution < -0.4 is 20.1 Å². The fourth-order valence-electron chi connectivity index (χ4n) is 5.57. The predicted molar refractivity (Wildman–Crippen MR) is 144 cm³/mol. The zero-order chi connectivity index (χ0) is 24.6. The molecule has 0 fully saturated rings. The van der Waals surface area contributed by atoms with Crippen LogP contribution in [0.3, 0.4) is 0 Å². The molecule has 36 heavy (non-hydrogen) atoms. The SMILES string of the molecule is COc1ccc([C@@H]2CC(=O)C3=C(C2)Nc2ccccc2N[C@H]3c2cccc3ccccc23)cc1OC. The molecule has 2 aliphatic rings. The van der Waals surface area contributed by atoms with Crippen LogP contribution in [-0.2, 0) is 4.79 Å². The second-order valence-electron chi connectivity index (χ2n) is 9.35. The van der Waals surface area contributed by atoms with Crippen molar-refractivity contribution < 1.29 is 14.3 Å². The second kappa shape index (κ2) is 9.08. The third-order valence-corrected chi connectivity index (χ3v) is 7.32. The van der Waals surface area contributed by atoms with Gasteiger partial charge in [-0.1, -0.05) is 60.7 Å². The molecular formula is C31H28N2O3. The monoisotopic (exact) mass is 476 g/mol. The van der Waals surface area contributed by atoms with Gasteiger partial charge in [-0.05, 0) is 58.5 Å². The lowest BCUT2D eigenvalue weighted by atomic mass is 9.78. The summed E-state index contributed by atoms with van der Waals surface area (Å²) in [5.74, 6) is 1.56. The smallest absolute Gasteiger partial charge is 0.163 e. The lowest BCUT2D eigenvalue weighted by Crippen LogP contribution is -2.27. The van der Waals surface area contributed by atoms with E-state index in [0.29, 0.717) is 17.9 Å². The topological polar surface area (TPSA) is 59.6 Å². The van der Waals surface area contributed by atoms with E-state index in [9.17, 15) is 4.79 Å². The van der Waals surface area contributed by atoms with Crippen LogP contribution >= 0.6 is 0 Å². The van der Waals surface area contributed by atoms with E-state index in [1.165, 1.54) is 0 Å². The number of hydrogen-bond acceptors (Lipinski definition) is 5. The van der Waals surface area contributed by atoms with Gasteiger partial charge in [0.15, 0.2) is 17.3 Å². The van der Waals surface area contributed by atoms with Crippen LogP contribution in [0, 0.1) is 0 Å². The Morgan fingerprint density at radius 1 is 0.778 bits per heavy atom. The zero-order valence-corrected chi connectivity index (χ0v) is 20.4. The van der Waals surface area contributed by atoms with E-state index in [-0.39, 0.29) is 17.7 Å². The van der Waals surface area contributed by atoms with Crippen molar-refractivity contribution in [2.24, 2.45) is 0 Å². The Labute approximate surface area is 210 Å². The Hall–Kier alpha value is -4.25. The Kier molecular flexibility index (Phi) is 5.61. The Bertz CT molecular complexity index is 1500. The van der Waals surface area contributed by atoms with Crippen LogP contribution in [0.5, 0.6) is 11.5 Å². The molecule has 0 unspecified atom stereocenters. The highest BCUT2D eigenvalue weighted by molar-refractivity contribution is 6.02. The van der Waals surface area contributed by atoms with E-state index >= 15 is 0 Å². The van der Waals surface area contributed by atoms with Crippen LogP contribution in [-0.4, -0.2) is 20.0 Å². The van der Waals surface area contributed by atoms with Gasteiger partial charge in [0.25, 0.3) is 0 Å². The molecule has 4 aromatic carbocycles. The first-order valence-electron chi connectivity index (χ1n) is 12.2. The molecule has 0 aromatic heterocycles. The molecule has 180 valence electrons. The average molecular weight is 477 g/mol. The first-order chi connectivity index (χ1) is 17.7. The van der Waals surface area contributed by atoms with E-state index in [1.54, 1.807) is 14.2 Å². The first-order valence-corrected chi connectivity index (χ1v) is 12.2. The maximum Gasteiger partial charge on any atom is 0.163 e. The van der Waals surface area contributed by atoms with E-state index in [2.05, 4.69) is 59.2 Å². The van der Waals surface area contributed by atoms with E-state index < -0.39 is 0 Å². The molecule has 0 bridgehead atoms. The van der Waals surface area contributed by atoms with Gasteiger partial charge >= 0.3 is 0 Å². The molecule has 2 atom stereocenters. The third kappa shape index (κ3) is 3.77. The molecule has 0 spiro atoms. The van der Waals surface area contributed by atoms with Crippen molar-refractivity contribution in [2.75, 3.05) is 24.9 Å². The minimum Gasteiger partial charge on any atom is -0.493 e. The molecule has 5 heteroatoms. The maximum absolute atomic E-state index is 13.9. The second-order valence-corrected chi connectivity index (χ2v) is 9.35. The minimum absolute atomic E-state index is 0.0435. The molecule has 0 saturated heterocycles. The Morgan fingerprint density at radius 2 is 1.53 bits per heavy atom. The van der Waals surface area contributed by atoms with Crippen molar-refractivity contribution >= 4 is 27.9 Å². The van der Waals surface area contributed by atoms with Crippen molar-refractivity contribution in [3.63, 3.8) is 0 Å². The van der Waals surface area contributed by atoms with Crippen LogP contribution in [0.1, 0.15) is 35.9 Å². The van der Waals surface area contributed by atoms with Crippen LogP contribution in [0.25, 0.3) is 10.8 Å². The number of hydrogen-bond donors (Lipinski definition) is 2. The summed E-state index contributed by atoms with van der Waals surface area (Å²) < 4.78 is 11.0. The Balaban J connectivity index is 1.48. The standard InChI is InChI=1S/C31H28N2O3/c1-35-28-15-14-20(18-29(28)36-2)21-16-26-30(27(34)17-21)31(33-25-13-6-5-12-24(25)32-26)23-11-7-9-19-8-3-4-10-22(19)23/h3-15,18,21,31-33H,16-17H2,1-2H3/t21-,31-/m0/s1. The van der Waals surface area contributed by atoms with Crippen molar-refractivity contribution in [1.29, 1.82) is 0 Å². The average Bonchev–Trinajstić information content (AvgIpc) is 3.09. The fourth-order valence-corrected chi connectivity index (χ4v) is 5.57. The highest BCUT2D eigenvalue weighted by Crippen LogP contribution is 2.46. The summed E-state index contributed by atoms with van der Waals surface area (Å²) in [6, 6.07) is 28.5. The van der Waals surface area contributed by atoms with Crippen LogP contribution in [0.2, 0.25) is 0 Å². The summed E-state index contributed by atoms with van der Waals surface area (Å²) in [4.78, 5) is 13.9. The molecule has 1 aliphatic carbocycles. The van der Waals surface area contributed by atoms with Gasteiger partial charge in [0.2, 0.25) is 0 Å². The highest BCUT2D eigenvalue weighted by Gasteiger charge is 2.36. The number of para-hydroxylation sites is 2. The lowest BCUT2D eigenvalue weighted by Gasteiger charge is -2.30. The fraction of sp³-hybridized carbons (Fsp3) is 0.194. The molecule has 1 aliphatic heterocycles. The van der Waals surface area contributed by atoms with Gasteiger partial charge in [-0.2, -0.15) is 0 Å². The summed E-state index contributed by atoms with van der Waals surface area (Å²) in [5.41, 5.74) is 5.94. The number of fused-ring (bicyclic) bond motifs is 2. The summed E-state index contributed by atoms with van der Waals surface area (Å²) in [5, 5.41) is 9.65. The van der Waals surface area contributed by atoms with Crippen LogP contribution in [0.15, 0.2) is 96.2 Å². The van der Waals surface area contributed by atoms with Crippen molar-refractivity contribution in [3.8, 4) is 11.5 Å². The molecule has 1 heterocycles. The number of nitrogens with one attached hydrogen (secondary N) is 2. The van der Waals surface area contributed by atoms with Gasteiger partial charge in [0.05, 0.1) is 31.6 Å². The molecule has 0 amide bonds. The molecular weight excluding hydrogens is 448 g/mol. The number of carbonyl (C=O) groups is 1. The number of carbonyl (C=O) groups excluding carboxylic acids is 1. The van der Waals surface area contributed by atoms with E-state index in [0.717, 1.165) is 51.0 Å². The number of ketones is 1. The zero-order valence-electron chi connectivity index (χ0n) is 20.4. The van der Waals surface area contributed by atoms with Crippen molar-refractivity contribution in [3.05, 3.63) is 107 Å². The first kappa shape index (κ1) is 22.2. The summed E-state index contributed by atoms with van der Waals surface area (Å²) in [6.45, 7) is 0. The molecule has 5 nitrogen and oxygen atoms in total. The van der Waals surface area contributed by atoms with Crippen LogP contribution in [0.4, 0.5) is 11.4 Å². The number of Topliss-reactive ketones (excluding diaryl/α,β-unsaturated/α-hetero) is 1. The lowest BCUT2D eigenvalue weighted by molar-refractivity contribution is -0.116. The number of ether oxygens (including phenoxy) is 2. The quantitative estimate of drug-likeness (QED) is 0.338. The Morgan fingerprint density at radius 3 is 2.36 bits per heavy atom.